The minimum absolute atomic E-state index is 0.00456. The first-order chi connectivity index (χ1) is 19.2. The molecule has 0 bridgehead atoms. The quantitative estimate of drug-likeness (QED) is 0.287. The van der Waals surface area contributed by atoms with Gasteiger partial charge in [-0.1, -0.05) is 59.6 Å². The molecule has 0 saturated heterocycles. The van der Waals surface area contributed by atoms with Crippen LogP contribution in [0.25, 0.3) is 0 Å². The Morgan fingerprint density at radius 1 is 0.976 bits per heavy atom. The van der Waals surface area contributed by atoms with Crippen LogP contribution in [0.1, 0.15) is 40.2 Å². The van der Waals surface area contributed by atoms with E-state index < -0.39 is 40.0 Å². The van der Waals surface area contributed by atoms with Crippen LogP contribution >= 0.6 is 23.2 Å². The summed E-state index contributed by atoms with van der Waals surface area (Å²) in [7, 11) is -4.22. The number of para-hydroxylation sites is 2. The number of sulfonamides is 1. The normalized spacial score (nSPS) is 12.4. The molecule has 3 aromatic carbocycles. The number of benzene rings is 3. The van der Waals surface area contributed by atoms with Gasteiger partial charge in [0.05, 0.1) is 17.2 Å². The third kappa shape index (κ3) is 8.38. The van der Waals surface area contributed by atoms with E-state index in [0.717, 1.165) is 4.31 Å². The Labute approximate surface area is 252 Å². The zero-order valence-electron chi connectivity index (χ0n) is 23.7. The minimum Gasteiger partial charge on any atom is -0.492 e. The van der Waals surface area contributed by atoms with Crippen molar-refractivity contribution >= 4 is 50.7 Å². The summed E-state index contributed by atoms with van der Waals surface area (Å²) in [6.07, 6.45) is 0. The number of nitrogens with zero attached hydrogens (tertiary/aromatic N) is 2. The molecule has 0 aromatic heterocycles. The molecule has 0 radical (unpaired) electrons. The van der Waals surface area contributed by atoms with E-state index in [-0.39, 0.29) is 23.7 Å². The summed E-state index contributed by atoms with van der Waals surface area (Å²) in [6.45, 7) is 8.50. The lowest BCUT2D eigenvalue weighted by molar-refractivity contribution is -0.140. The fourth-order valence-electron chi connectivity index (χ4n) is 4.06. The van der Waals surface area contributed by atoms with Crippen LogP contribution < -0.4 is 14.4 Å². The van der Waals surface area contributed by atoms with Gasteiger partial charge >= 0.3 is 0 Å². The number of rotatable bonds is 11. The van der Waals surface area contributed by atoms with Crippen molar-refractivity contribution < 1.29 is 22.7 Å². The average molecular weight is 621 g/mol. The summed E-state index contributed by atoms with van der Waals surface area (Å²) >= 11 is 12.5. The second kappa shape index (κ2) is 13.6. The Kier molecular flexibility index (Phi) is 10.7. The van der Waals surface area contributed by atoms with Gasteiger partial charge in [0.25, 0.3) is 10.0 Å². The molecule has 11 heteroatoms. The molecular weight excluding hydrogens is 585 g/mol. The predicted octanol–water partition coefficient (Wildman–Crippen LogP) is 5.92. The van der Waals surface area contributed by atoms with Crippen LogP contribution in [0.4, 0.5) is 5.69 Å². The van der Waals surface area contributed by atoms with Crippen LogP contribution in [-0.4, -0.2) is 49.9 Å². The maximum Gasteiger partial charge on any atom is 0.264 e. The fraction of sp³-hybridized carbons (Fsp3) is 0.333. The topological polar surface area (TPSA) is 96.0 Å². The average Bonchev–Trinajstić information content (AvgIpc) is 2.91. The molecule has 8 nitrogen and oxygen atoms in total. The van der Waals surface area contributed by atoms with Crippen molar-refractivity contribution in [2.24, 2.45) is 0 Å². The van der Waals surface area contributed by atoms with E-state index in [2.05, 4.69) is 5.32 Å². The SMILES string of the molecule is CCOc1ccccc1N(CC(=O)N(Cc1ccc(Cl)cc1Cl)[C@H](C)C(=O)NC(C)(C)C)S(=O)(=O)c1ccccc1. The molecule has 0 unspecified atom stereocenters. The number of carbonyl (C=O) groups excluding carboxylic acids is 2. The number of nitrogens with one attached hydrogen (secondary N) is 1. The van der Waals surface area contributed by atoms with Gasteiger partial charge in [0.15, 0.2) is 0 Å². The predicted molar refractivity (Wildman–Crippen MR) is 163 cm³/mol. The second-order valence-electron chi connectivity index (χ2n) is 10.4. The molecule has 3 rings (SSSR count). The minimum atomic E-state index is -4.22. The molecular formula is C30H35Cl2N3O5S. The van der Waals surface area contributed by atoms with Gasteiger partial charge in [-0.2, -0.15) is 0 Å². The van der Waals surface area contributed by atoms with Gasteiger partial charge in [-0.05, 0) is 76.6 Å². The van der Waals surface area contributed by atoms with E-state index >= 15 is 0 Å². The first-order valence-corrected chi connectivity index (χ1v) is 15.3. The first-order valence-electron chi connectivity index (χ1n) is 13.1. The third-order valence-electron chi connectivity index (χ3n) is 6.07. The Hall–Kier alpha value is -3.27. The highest BCUT2D eigenvalue weighted by Crippen LogP contribution is 2.33. The van der Waals surface area contributed by atoms with Crippen molar-refractivity contribution in [2.75, 3.05) is 17.5 Å². The number of hydrogen-bond donors (Lipinski definition) is 1. The van der Waals surface area contributed by atoms with Gasteiger partial charge in [0.1, 0.15) is 18.3 Å². The molecule has 0 spiro atoms. The molecule has 1 atom stereocenters. The Morgan fingerprint density at radius 3 is 2.22 bits per heavy atom. The maximum absolute atomic E-state index is 14.1. The molecule has 220 valence electrons. The fourth-order valence-corrected chi connectivity index (χ4v) is 5.98. The van der Waals surface area contributed by atoms with Crippen LogP contribution in [-0.2, 0) is 26.2 Å². The largest absolute Gasteiger partial charge is 0.492 e. The van der Waals surface area contributed by atoms with Crippen molar-refractivity contribution in [3.8, 4) is 5.75 Å². The lowest BCUT2D eigenvalue weighted by Gasteiger charge is -2.34. The van der Waals surface area contributed by atoms with Crippen molar-refractivity contribution in [3.63, 3.8) is 0 Å². The molecule has 0 aliphatic heterocycles. The number of amides is 2. The van der Waals surface area contributed by atoms with Gasteiger partial charge < -0.3 is 15.0 Å². The first kappa shape index (κ1) is 32.2. The van der Waals surface area contributed by atoms with E-state index in [1.165, 1.54) is 17.0 Å². The summed E-state index contributed by atoms with van der Waals surface area (Å²) in [4.78, 5) is 28.7. The van der Waals surface area contributed by atoms with E-state index in [0.29, 0.717) is 21.4 Å². The van der Waals surface area contributed by atoms with E-state index in [1.54, 1.807) is 74.5 Å². The van der Waals surface area contributed by atoms with Crippen molar-refractivity contribution in [1.82, 2.24) is 10.2 Å². The highest BCUT2D eigenvalue weighted by Gasteiger charge is 2.34. The van der Waals surface area contributed by atoms with Crippen molar-refractivity contribution in [3.05, 3.63) is 88.4 Å². The molecule has 3 aromatic rings. The van der Waals surface area contributed by atoms with Crippen molar-refractivity contribution in [2.45, 2.75) is 57.6 Å². The molecule has 0 aliphatic rings. The lowest BCUT2D eigenvalue weighted by atomic mass is 10.1. The molecule has 0 saturated carbocycles. The van der Waals surface area contributed by atoms with Gasteiger partial charge in [-0.3, -0.25) is 13.9 Å². The van der Waals surface area contributed by atoms with Crippen molar-refractivity contribution in [1.29, 1.82) is 0 Å². The molecule has 0 heterocycles. The zero-order valence-corrected chi connectivity index (χ0v) is 26.1. The number of carbonyl (C=O) groups is 2. The number of anilines is 1. The van der Waals surface area contributed by atoms with Gasteiger partial charge in [-0.15, -0.1) is 0 Å². The summed E-state index contributed by atoms with van der Waals surface area (Å²) < 4.78 is 34.7. The Bertz CT molecular complexity index is 1480. The summed E-state index contributed by atoms with van der Waals surface area (Å²) in [6, 6.07) is 18.3. The molecule has 41 heavy (non-hydrogen) atoms. The third-order valence-corrected chi connectivity index (χ3v) is 8.43. The van der Waals surface area contributed by atoms with E-state index in [9.17, 15) is 18.0 Å². The smallest absolute Gasteiger partial charge is 0.264 e. The highest BCUT2D eigenvalue weighted by atomic mass is 35.5. The van der Waals surface area contributed by atoms with Gasteiger partial charge in [0, 0.05) is 22.1 Å². The number of hydrogen-bond acceptors (Lipinski definition) is 5. The lowest BCUT2D eigenvalue weighted by Crippen LogP contribution is -2.54. The van der Waals surface area contributed by atoms with Crippen LogP contribution in [0.5, 0.6) is 5.75 Å². The molecule has 1 N–H and O–H groups in total. The molecule has 2 amide bonds. The summed E-state index contributed by atoms with van der Waals surface area (Å²) in [5, 5.41) is 3.63. The summed E-state index contributed by atoms with van der Waals surface area (Å²) in [5.41, 5.74) is 0.187. The summed E-state index contributed by atoms with van der Waals surface area (Å²) in [5.74, 6) is -0.713. The number of ether oxygens (including phenoxy) is 1. The Balaban J connectivity index is 2.10. The monoisotopic (exact) mass is 619 g/mol. The standard InChI is InChI=1S/C30H35Cl2N3O5S/c1-6-40-27-15-11-10-14-26(27)35(41(38,39)24-12-8-7-9-13-24)20-28(36)34(21(2)29(37)33-30(3,4)5)19-22-16-17-23(31)18-25(22)32/h7-18,21H,6,19-20H2,1-5H3,(H,33,37)/t21-/m1/s1. The van der Waals surface area contributed by atoms with E-state index in [1.807, 2.05) is 20.8 Å². The van der Waals surface area contributed by atoms with Crippen LogP contribution in [0.3, 0.4) is 0 Å². The molecule has 0 aliphatic carbocycles. The van der Waals surface area contributed by atoms with Gasteiger partial charge in [-0.25, -0.2) is 8.42 Å². The van der Waals surface area contributed by atoms with Gasteiger partial charge in [0.2, 0.25) is 11.8 Å². The molecule has 0 fully saturated rings. The number of halogens is 2. The van der Waals surface area contributed by atoms with Crippen LogP contribution in [0.2, 0.25) is 10.0 Å². The maximum atomic E-state index is 14.1. The van der Waals surface area contributed by atoms with E-state index in [4.69, 9.17) is 27.9 Å². The Morgan fingerprint density at radius 2 is 1.61 bits per heavy atom. The van der Waals surface area contributed by atoms with Crippen LogP contribution in [0.15, 0.2) is 77.7 Å². The van der Waals surface area contributed by atoms with Crippen LogP contribution in [0, 0.1) is 0 Å². The highest BCUT2D eigenvalue weighted by molar-refractivity contribution is 7.92. The second-order valence-corrected chi connectivity index (χ2v) is 13.1. The zero-order chi connectivity index (χ0) is 30.4.